The van der Waals surface area contributed by atoms with Gasteiger partial charge in [0.25, 0.3) is 0 Å². The van der Waals surface area contributed by atoms with E-state index in [0.717, 1.165) is 17.1 Å². The molecule has 0 N–H and O–H groups in total. The smallest absolute Gasteiger partial charge is 0.0858 e. The highest BCUT2D eigenvalue weighted by molar-refractivity contribution is 5.53. The Morgan fingerprint density at radius 1 is 0.815 bits per heavy atom. The Kier molecular flexibility index (Phi) is 8.49. The van der Waals surface area contributed by atoms with Gasteiger partial charge >= 0.3 is 0 Å². The van der Waals surface area contributed by atoms with Crippen LogP contribution < -0.4 is 4.90 Å². The maximum Gasteiger partial charge on any atom is 0.0858 e. The summed E-state index contributed by atoms with van der Waals surface area (Å²) in [7, 11) is 0. The number of hydrogen-bond acceptors (Lipinski definition) is 6. The van der Waals surface area contributed by atoms with Crippen LogP contribution in [0.4, 0.5) is 17.1 Å². The molecule has 0 amide bonds. The van der Waals surface area contributed by atoms with Gasteiger partial charge in [0, 0.05) is 18.8 Å². The van der Waals surface area contributed by atoms with E-state index >= 15 is 0 Å². The van der Waals surface area contributed by atoms with E-state index in [0.29, 0.717) is 39.1 Å². The first-order valence-corrected chi connectivity index (χ1v) is 8.88. The van der Waals surface area contributed by atoms with Crippen molar-refractivity contribution in [2.24, 2.45) is 10.2 Å². The van der Waals surface area contributed by atoms with Crippen molar-refractivity contribution >= 4 is 17.1 Å². The van der Waals surface area contributed by atoms with Gasteiger partial charge in [-0.1, -0.05) is 17.7 Å². The van der Waals surface area contributed by atoms with Gasteiger partial charge in [0.1, 0.15) is 0 Å². The summed E-state index contributed by atoms with van der Waals surface area (Å²) in [5.74, 6) is 0. The normalized spacial score (nSPS) is 10.5. The van der Waals surface area contributed by atoms with E-state index in [2.05, 4.69) is 27.3 Å². The predicted octanol–water partition coefficient (Wildman–Crippen LogP) is 5.06. The summed E-state index contributed by atoms with van der Waals surface area (Å²) in [5.41, 5.74) is 3.77. The number of benzene rings is 2. The molecular formula is C21H23N5O. The Morgan fingerprint density at radius 3 is 2.00 bits per heavy atom. The molecule has 0 saturated heterocycles. The van der Waals surface area contributed by atoms with Gasteiger partial charge in [0.05, 0.1) is 49.6 Å². The van der Waals surface area contributed by atoms with Crippen LogP contribution in [0.5, 0.6) is 0 Å². The lowest BCUT2D eigenvalue weighted by atomic mass is 10.2. The van der Waals surface area contributed by atoms with Gasteiger partial charge < -0.3 is 9.64 Å². The molecule has 6 nitrogen and oxygen atoms in total. The maximum atomic E-state index is 8.87. The molecule has 0 heterocycles. The summed E-state index contributed by atoms with van der Waals surface area (Å²) >= 11 is 0. The second-order valence-electron chi connectivity index (χ2n) is 5.97. The summed E-state index contributed by atoms with van der Waals surface area (Å²) in [6, 6.07) is 19.8. The van der Waals surface area contributed by atoms with Crippen molar-refractivity contribution in [3.8, 4) is 12.1 Å². The minimum Gasteiger partial charge on any atom is -0.379 e. The number of azo groups is 1. The Labute approximate surface area is 160 Å². The molecule has 0 spiro atoms. The first-order chi connectivity index (χ1) is 13.2. The summed E-state index contributed by atoms with van der Waals surface area (Å²) in [5, 5.41) is 25.9. The van der Waals surface area contributed by atoms with E-state index in [1.54, 1.807) is 0 Å². The molecule has 0 saturated carbocycles. The maximum absolute atomic E-state index is 8.87. The van der Waals surface area contributed by atoms with E-state index in [1.807, 2.05) is 55.5 Å². The van der Waals surface area contributed by atoms with Crippen molar-refractivity contribution in [1.29, 1.82) is 10.5 Å². The van der Waals surface area contributed by atoms with Crippen LogP contribution in [0.15, 0.2) is 58.8 Å². The topological polar surface area (TPSA) is 84.8 Å². The van der Waals surface area contributed by atoms with Crippen molar-refractivity contribution < 1.29 is 4.74 Å². The van der Waals surface area contributed by atoms with Crippen LogP contribution in [-0.2, 0) is 4.74 Å². The largest absolute Gasteiger partial charge is 0.379 e. The number of aryl methyl sites for hydroxylation is 1. The van der Waals surface area contributed by atoms with E-state index in [9.17, 15) is 0 Å². The molecule has 0 unspecified atom stereocenters. The highest BCUT2D eigenvalue weighted by Gasteiger charge is 2.06. The van der Waals surface area contributed by atoms with Crippen LogP contribution in [0.1, 0.15) is 18.4 Å². The molecule has 0 fully saturated rings. The minimum absolute atomic E-state index is 0.388. The molecule has 0 aromatic heterocycles. The second-order valence-corrected chi connectivity index (χ2v) is 5.97. The minimum atomic E-state index is 0.388. The van der Waals surface area contributed by atoms with E-state index in [1.165, 1.54) is 5.56 Å². The molecule has 2 rings (SSSR count). The van der Waals surface area contributed by atoms with Crippen LogP contribution in [0.25, 0.3) is 0 Å². The molecule has 0 aliphatic rings. The van der Waals surface area contributed by atoms with Crippen molar-refractivity contribution in [2.45, 2.75) is 19.8 Å². The monoisotopic (exact) mass is 361 g/mol. The van der Waals surface area contributed by atoms with E-state index in [-0.39, 0.29) is 0 Å². The lowest BCUT2D eigenvalue weighted by Crippen LogP contribution is -2.28. The van der Waals surface area contributed by atoms with Crippen molar-refractivity contribution in [3.05, 3.63) is 54.1 Å². The van der Waals surface area contributed by atoms with Gasteiger partial charge in [0.2, 0.25) is 0 Å². The van der Waals surface area contributed by atoms with E-state index < -0.39 is 0 Å². The fraction of sp³-hybridized carbons (Fsp3) is 0.333. The highest BCUT2D eigenvalue weighted by Crippen LogP contribution is 2.22. The number of rotatable bonds is 10. The van der Waals surface area contributed by atoms with Crippen LogP contribution in [0, 0.1) is 29.6 Å². The van der Waals surface area contributed by atoms with Gasteiger partial charge in [-0.05, 0) is 43.3 Å². The van der Waals surface area contributed by atoms with Crippen LogP contribution in [0.3, 0.4) is 0 Å². The molecule has 2 aromatic rings. The number of nitrogens with zero attached hydrogens (tertiary/aromatic N) is 5. The van der Waals surface area contributed by atoms with Gasteiger partial charge in [-0.2, -0.15) is 20.8 Å². The molecule has 27 heavy (non-hydrogen) atoms. The first-order valence-electron chi connectivity index (χ1n) is 8.88. The molecule has 0 atom stereocenters. The third-order valence-corrected chi connectivity index (χ3v) is 3.89. The average Bonchev–Trinajstić information content (AvgIpc) is 2.70. The molecule has 0 aliphatic carbocycles. The standard InChI is InChI=1S/C21H23N5O/c1-18-4-6-19(7-5-18)24-25-20-8-10-21(11-9-20)26(14-2-12-22)15-17-27-16-3-13-23/h4-11H,2-3,14-17H2,1H3. The molecule has 138 valence electrons. The number of nitriles is 2. The van der Waals surface area contributed by atoms with Crippen molar-refractivity contribution in [2.75, 3.05) is 31.2 Å². The number of anilines is 1. The molecule has 2 aromatic carbocycles. The van der Waals surface area contributed by atoms with Gasteiger partial charge in [-0.15, -0.1) is 0 Å². The molecule has 6 heteroatoms. The van der Waals surface area contributed by atoms with Crippen molar-refractivity contribution in [3.63, 3.8) is 0 Å². The lowest BCUT2D eigenvalue weighted by molar-refractivity contribution is 0.146. The lowest BCUT2D eigenvalue weighted by Gasteiger charge is -2.23. The fourth-order valence-electron chi connectivity index (χ4n) is 2.41. The summed E-state index contributed by atoms with van der Waals surface area (Å²) < 4.78 is 5.45. The molecule has 0 aliphatic heterocycles. The van der Waals surface area contributed by atoms with E-state index in [4.69, 9.17) is 15.3 Å². The Balaban J connectivity index is 1.97. The summed E-state index contributed by atoms with van der Waals surface area (Å²) in [6.45, 7) is 4.27. The Bertz CT molecular complexity index is 800. The Hall–Kier alpha value is -3.22. The second kappa shape index (κ2) is 11.4. The zero-order valence-corrected chi connectivity index (χ0v) is 15.5. The summed E-state index contributed by atoms with van der Waals surface area (Å²) in [6.07, 6.45) is 0.825. The Morgan fingerprint density at radius 2 is 1.41 bits per heavy atom. The van der Waals surface area contributed by atoms with Gasteiger partial charge in [0.15, 0.2) is 0 Å². The third kappa shape index (κ3) is 7.27. The van der Waals surface area contributed by atoms with Crippen molar-refractivity contribution in [1.82, 2.24) is 0 Å². The zero-order chi connectivity index (χ0) is 19.3. The first kappa shape index (κ1) is 20.1. The van der Waals surface area contributed by atoms with Crippen LogP contribution in [-0.4, -0.2) is 26.3 Å². The van der Waals surface area contributed by atoms with Crippen LogP contribution in [0.2, 0.25) is 0 Å². The highest BCUT2D eigenvalue weighted by atomic mass is 16.5. The molecule has 0 radical (unpaired) electrons. The van der Waals surface area contributed by atoms with Gasteiger partial charge in [-0.3, -0.25) is 0 Å². The average molecular weight is 361 g/mol. The number of ether oxygens (including phenoxy) is 1. The SMILES string of the molecule is Cc1ccc(N=Nc2ccc(N(CCC#N)CCOCCC#N)cc2)cc1. The van der Waals surface area contributed by atoms with Crippen LogP contribution >= 0.6 is 0 Å². The quantitative estimate of drug-likeness (QED) is 0.437. The number of hydrogen-bond donors (Lipinski definition) is 0. The van der Waals surface area contributed by atoms with Gasteiger partial charge in [-0.25, -0.2) is 0 Å². The third-order valence-electron chi connectivity index (χ3n) is 3.89. The predicted molar refractivity (Wildman–Crippen MR) is 105 cm³/mol. The zero-order valence-electron chi connectivity index (χ0n) is 15.5. The molecule has 0 bridgehead atoms. The fourth-order valence-corrected chi connectivity index (χ4v) is 2.41. The molecular weight excluding hydrogens is 338 g/mol. The summed E-state index contributed by atoms with van der Waals surface area (Å²) in [4.78, 5) is 2.09.